The molecule has 0 saturated carbocycles. The second-order valence-electron chi connectivity index (χ2n) is 3.64. The van der Waals surface area contributed by atoms with Crippen molar-refractivity contribution in [3.8, 4) is 16.3 Å². The Labute approximate surface area is 123 Å². The maximum Gasteiger partial charge on any atom is 0.151 e. The summed E-state index contributed by atoms with van der Waals surface area (Å²) in [6.45, 7) is 0. The molecule has 96 valence electrons. The zero-order valence-corrected chi connectivity index (χ0v) is 13.0. The van der Waals surface area contributed by atoms with Crippen molar-refractivity contribution in [3.05, 3.63) is 27.7 Å². The van der Waals surface area contributed by atoms with E-state index < -0.39 is 0 Å². The summed E-state index contributed by atoms with van der Waals surface area (Å²) in [7, 11) is 1.65. The minimum atomic E-state index is 0.648. The van der Waals surface area contributed by atoms with Crippen LogP contribution in [0, 0.1) is 0 Å². The van der Waals surface area contributed by atoms with Crippen molar-refractivity contribution in [2.75, 3.05) is 13.0 Å². The summed E-state index contributed by atoms with van der Waals surface area (Å²) in [5.41, 5.74) is 0.960. The first kappa shape index (κ1) is 13.8. The molecule has 0 spiro atoms. The summed E-state index contributed by atoms with van der Waals surface area (Å²) < 4.78 is 6.34. The Hall–Kier alpha value is -0.650. The molecule has 1 heterocycles. The Morgan fingerprint density at radius 3 is 2.94 bits per heavy atom. The van der Waals surface area contributed by atoms with E-state index in [4.69, 9.17) is 16.3 Å². The molecular formula is C12H12BrClN2OS. The third kappa shape index (κ3) is 3.22. The van der Waals surface area contributed by atoms with E-state index in [2.05, 4.69) is 26.1 Å². The molecular weight excluding hydrogens is 336 g/mol. The fraction of sp³-hybridized carbons (Fsp3) is 0.333. The van der Waals surface area contributed by atoms with Crippen LogP contribution in [-0.4, -0.2) is 23.2 Å². The summed E-state index contributed by atoms with van der Waals surface area (Å²) in [5, 5.41) is 10.3. The number of halogens is 2. The van der Waals surface area contributed by atoms with Crippen LogP contribution in [0.25, 0.3) is 10.6 Å². The Bertz CT molecular complexity index is 533. The normalized spacial score (nSPS) is 10.6. The van der Waals surface area contributed by atoms with Crippen LogP contribution < -0.4 is 4.74 Å². The lowest BCUT2D eigenvalue weighted by molar-refractivity contribution is 0.416. The van der Waals surface area contributed by atoms with Crippen LogP contribution in [0.5, 0.6) is 5.75 Å². The van der Waals surface area contributed by atoms with Crippen LogP contribution in [0.15, 0.2) is 22.7 Å². The van der Waals surface area contributed by atoms with Gasteiger partial charge in [-0.15, -0.1) is 21.8 Å². The number of nitrogens with zero attached hydrogens (tertiary/aromatic N) is 2. The van der Waals surface area contributed by atoms with Gasteiger partial charge in [0, 0.05) is 16.8 Å². The van der Waals surface area contributed by atoms with Gasteiger partial charge in [-0.3, -0.25) is 0 Å². The molecule has 2 aromatic rings. The third-order valence-electron chi connectivity index (χ3n) is 2.38. The van der Waals surface area contributed by atoms with E-state index in [1.54, 1.807) is 18.4 Å². The number of hydrogen-bond acceptors (Lipinski definition) is 4. The summed E-state index contributed by atoms with van der Waals surface area (Å²) in [6.07, 6.45) is 1.79. The molecule has 1 aromatic heterocycles. The topological polar surface area (TPSA) is 35.0 Å². The van der Waals surface area contributed by atoms with Gasteiger partial charge < -0.3 is 4.74 Å². The lowest BCUT2D eigenvalue weighted by atomic mass is 10.2. The average molecular weight is 348 g/mol. The number of aromatic nitrogens is 2. The Morgan fingerprint density at radius 1 is 1.39 bits per heavy atom. The van der Waals surface area contributed by atoms with Gasteiger partial charge in [-0.2, -0.15) is 0 Å². The van der Waals surface area contributed by atoms with E-state index >= 15 is 0 Å². The molecule has 0 saturated heterocycles. The largest absolute Gasteiger partial charge is 0.496 e. The molecule has 0 atom stereocenters. The van der Waals surface area contributed by atoms with Gasteiger partial charge in [-0.25, -0.2) is 0 Å². The smallest absolute Gasteiger partial charge is 0.151 e. The number of hydrogen-bond donors (Lipinski definition) is 0. The highest BCUT2D eigenvalue weighted by atomic mass is 79.9. The van der Waals surface area contributed by atoms with Crippen LogP contribution >= 0.6 is 38.9 Å². The lowest BCUT2D eigenvalue weighted by Crippen LogP contribution is -1.87. The first-order valence-corrected chi connectivity index (χ1v) is 7.61. The van der Waals surface area contributed by atoms with Crippen LogP contribution in [-0.2, 0) is 6.42 Å². The molecule has 3 nitrogen and oxygen atoms in total. The average Bonchev–Trinajstić information content (AvgIpc) is 2.85. The van der Waals surface area contributed by atoms with Crippen molar-refractivity contribution < 1.29 is 4.74 Å². The van der Waals surface area contributed by atoms with E-state index in [1.807, 2.05) is 18.2 Å². The highest BCUT2D eigenvalue weighted by molar-refractivity contribution is 9.10. The molecule has 0 aliphatic heterocycles. The summed E-state index contributed by atoms with van der Waals surface area (Å²) >= 11 is 10.7. The van der Waals surface area contributed by atoms with Gasteiger partial charge >= 0.3 is 0 Å². The molecule has 0 N–H and O–H groups in total. The van der Waals surface area contributed by atoms with Gasteiger partial charge in [0.2, 0.25) is 0 Å². The quantitative estimate of drug-likeness (QED) is 0.762. The highest BCUT2D eigenvalue weighted by Crippen LogP contribution is 2.34. The summed E-state index contributed by atoms with van der Waals surface area (Å²) in [6, 6.07) is 5.85. The maximum atomic E-state index is 5.67. The molecule has 0 bridgehead atoms. The standard InChI is InChI=1S/C12H12BrClN2OS/c1-17-10-5-4-8(13)7-9(10)12-16-15-11(18-12)3-2-6-14/h4-5,7H,2-3,6H2,1H3. The molecule has 0 fully saturated rings. The first-order chi connectivity index (χ1) is 8.74. The molecule has 0 aliphatic rings. The Morgan fingerprint density at radius 2 is 2.22 bits per heavy atom. The predicted octanol–water partition coefficient (Wildman–Crippen LogP) is 4.15. The van der Waals surface area contributed by atoms with Crippen LogP contribution in [0.4, 0.5) is 0 Å². The van der Waals surface area contributed by atoms with Crippen molar-refractivity contribution in [1.29, 1.82) is 0 Å². The molecule has 0 radical (unpaired) electrons. The number of methoxy groups -OCH3 is 1. The van der Waals surface area contributed by atoms with Gasteiger partial charge in [0.1, 0.15) is 10.8 Å². The van der Waals surface area contributed by atoms with Crippen molar-refractivity contribution in [3.63, 3.8) is 0 Å². The van der Waals surface area contributed by atoms with Gasteiger partial charge in [0.05, 0.1) is 12.7 Å². The van der Waals surface area contributed by atoms with Crippen molar-refractivity contribution in [2.24, 2.45) is 0 Å². The number of ether oxygens (including phenoxy) is 1. The van der Waals surface area contributed by atoms with E-state index in [-0.39, 0.29) is 0 Å². The zero-order valence-electron chi connectivity index (χ0n) is 9.82. The lowest BCUT2D eigenvalue weighted by Gasteiger charge is -2.05. The minimum Gasteiger partial charge on any atom is -0.496 e. The van der Waals surface area contributed by atoms with E-state index in [0.29, 0.717) is 5.88 Å². The minimum absolute atomic E-state index is 0.648. The van der Waals surface area contributed by atoms with Crippen molar-refractivity contribution >= 4 is 38.9 Å². The maximum absolute atomic E-state index is 5.67. The molecule has 18 heavy (non-hydrogen) atoms. The number of benzene rings is 1. The van der Waals surface area contributed by atoms with Crippen molar-refractivity contribution in [2.45, 2.75) is 12.8 Å². The Balaban J connectivity index is 2.30. The molecule has 6 heteroatoms. The van der Waals surface area contributed by atoms with Crippen molar-refractivity contribution in [1.82, 2.24) is 10.2 Å². The predicted molar refractivity (Wildman–Crippen MR) is 78.6 cm³/mol. The van der Waals surface area contributed by atoms with Gasteiger partial charge in [0.15, 0.2) is 5.01 Å². The first-order valence-electron chi connectivity index (χ1n) is 5.47. The molecule has 2 rings (SSSR count). The monoisotopic (exact) mass is 346 g/mol. The van der Waals surface area contributed by atoms with Crippen LogP contribution in [0.3, 0.4) is 0 Å². The zero-order chi connectivity index (χ0) is 13.0. The summed E-state index contributed by atoms with van der Waals surface area (Å²) in [5.74, 6) is 1.45. The number of rotatable bonds is 5. The van der Waals surface area contributed by atoms with E-state index in [9.17, 15) is 0 Å². The molecule has 0 amide bonds. The second kappa shape index (κ2) is 6.50. The molecule has 0 aliphatic carbocycles. The number of alkyl halides is 1. The number of aryl methyl sites for hydroxylation is 1. The van der Waals surface area contributed by atoms with Crippen LogP contribution in [0.2, 0.25) is 0 Å². The SMILES string of the molecule is COc1ccc(Br)cc1-c1nnc(CCCCl)s1. The fourth-order valence-electron chi connectivity index (χ4n) is 1.53. The third-order valence-corrected chi connectivity index (χ3v) is 4.16. The second-order valence-corrected chi connectivity index (χ2v) is 5.99. The van der Waals surface area contributed by atoms with E-state index in [1.165, 1.54) is 0 Å². The van der Waals surface area contributed by atoms with Crippen LogP contribution in [0.1, 0.15) is 11.4 Å². The molecule has 0 unspecified atom stereocenters. The van der Waals surface area contributed by atoms with Gasteiger partial charge in [0.25, 0.3) is 0 Å². The van der Waals surface area contributed by atoms with Gasteiger partial charge in [-0.1, -0.05) is 27.3 Å². The Kier molecular flexibility index (Phi) is 4.97. The molecule has 1 aromatic carbocycles. The fourth-order valence-corrected chi connectivity index (χ4v) is 2.93. The highest BCUT2D eigenvalue weighted by Gasteiger charge is 2.12. The van der Waals surface area contributed by atoms with Gasteiger partial charge in [-0.05, 0) is 24.6 Å². The van der Waals surface area contributed by atoms with E-state index in [0.717, 1.165) is 38.6 Å². The summed E-state index contributed by atoms with van der Waals surface area (Å²) in [4.78, 5) is 0.